The second-order valence-electron chi connectivity index (χ2n) is 4.89. The third kappa shape index (κ3) is 5.07. The van der Waals surface area contributed by atoms with Crippen LogP contribution in [0.25, 0.3) is 0 Å². The van der Waals surface area contributed by atoms with Crippen molar-refractivity contribution in [3.8, 4) is 0 Å². The number of hydrogen-bond donors (Lipinski definition) is 1. The van der Waals surface area contributed by atoms with E-state index in [9.17, 15) is 0 Å². The second kappa shape index (κ2) is 8.37. The summed E-state index contributed by atoms with van der Waals surface area (Å²) in [6, 6.07) is 0.431. The van der Waals surface area contributed by atoms with Gasteiger partial charge >= 0.3 is 0 Å². The molecule has 0 amide bonds. The predicted octanol–water partition coefficient (Wildman–Crippen LogP) is 3.05. The van der Waals surface area contributed by atoms with Gasteiger partial charge in [0, 0.05) is 25.0 Å². The number of thioether (sulfide) groups is 1. The van der Waals surface area contributed by atoms with Crippen LogP contribution in [0, 0.1) is 5.92 Å². The van der Waals surface area contributed by atoms with E-state index in [2.05, 4.69) is 18.7 Å². The van der Waals surface area contributed by atoms with Crippen LogP contribution in [0.3, 0.4) is 0 Å². The molecule has 3 atom stereocenters. The Bertz CT molecular complexity index is 177. The van der Waals surface area contributed by atoms with Crippen LogP contribution in [0.2, 0.25) is 0 Å². The van der Waals surface area contributed by atoms with Gasteiger partial charge < -0.3 is 10.5 Å². The fourth-order valence-corrected chi connectivity index (χ4v) is 3.91. The van der Waals surface area contributed by atoms with E-state index in [0.717, 1.165) is 18.9 Å². The van der Waals surface area contributed by atoms with E-state index in [1.54, 1.807) is 7.11 Å². The molecule has 1 rings (SSSR count). The van der Waals surface area contributed by atoms with Crippen LogP contribution in [-0.4, -0.2) is 30.8 Å². The number of rotatable bonds is 7. The summed E-state index contributed by atoms with van der Waals surface area (Å²) in [5.74, 6) is 2.13. The Balaban J connectivity index is 2.21. The highest BCUT2D eigenvalue weighted by atomic mass is 32.2. The molecule has 1 fully saturated rings. The summed E-state index contributed by atoms with van der Waals surface area (Å²) < 4.78 is 5.07. The lowest BCUT2D eigenvalue weighted by atomic mass is 9.83. The zero-order valence-electron chi connectivity index (χ0n) is 10.8. The molecule has 0 bridgehead atoms. The minimum Gasteiger partial charge on any atom is -0.385 e. The third-order valence-corrected chi connectivity index (χ3v) is 4.97. The second-order valence-corrected chi connectivity index (χ2v) is 6.23. The maximum Gasteiger partial charge on any atom is 0.0470 e. The van der Waals surface area contributed by atoms with E-state index in [-0.39, 0.29) is 0 Å². The number of methoxy groups -OCH3 is 1. The van der Waals surface area contributed by atoms with Crippen molar-refractivity contribution in [1.82, 2.24) is 0 Å². The van der Waals surface area contributed by atoms with Crippen LogP contribution in [-0.2, 0) is 4.74 Å². The summed E-state index contributed by atoms with van der Waals surface area (Å²) in [6.07, 6.45) is 7.79. The molecule has 0 radical (unpaired) electrons. The molecule has 0 heterocycles. The van der Waals surface area contributed by atoms with Gasteiger partial charge in [-0.2, -0.15) is 11.8 Å². The molecule has 0 aliphatic heterocycles. The Morgan fingerprint density at radius 1 is 1.38 bits per heavy atom. The van der Waals surface area contributed by atoms with Crippen molar-refractivity contribution in [2.75, 3.05) is 19.5 Å². The normalized spacial score (nSPS) is 30.6. The molecule has 2 nitrogen and oxygen atoms in total. The van der Waals surface area contributed by atoms with Gasteiger partial charge in [0.1, 0.15) is 0 Å². The molecule has 0 spiro atoms. The summed E-state index contributed by atoms with van der Waals surface area (Å²) in [6.45, 7) is 3.17. The van der Waals surface area contributed by atoms with E-state index < -0.39 is 0 Å². The largest absolute Gasteiger partial charge is 0.385 e. The average molecular weight is 245 g/mol. The molecule has 3 heteroatoms. The van der Waals surface area contributed by atoms with Crippen LogP contribution in [0.1, 0.15) is 45.4 Å². The summed E-state index contributed by atoms with van der Waals surface area (Å²) in [5, 5.41) is 0.696. The molecule has 0 aromatic carbocycles. The van der Waals surface area contributed by atoms with Crippen molar-refractivity contribution < 1.29 is 4.74 Å². The predicted molar refractivity (Wildman–Crippen MR) is 73.0 cm³/mol. The SMILES string of the molecule is CCCC1CCC(N)C(SCCCOC)C1. The topological polar surface area (TPSA) is 35.2 Å². The molecule has 16 heavy (non-hydrogen) atoms. The highest BCUT2D eigenvalue weighted by Crippen LogP contribution is 2.34. The minimum atomic E-state index is 0.431. The Hall–Kier alpha value is 0.270. The zero-order chi connectivity index (χ0) is 11.8. The number of nitrogens with two attached hydrogens (primary N) is 1. The lowest BCUT2D eigenvalue weighted by Crippen LogP contribution is -2.38. The standard InChI is InChI=1S/C13H27NOS/c1-3-5-11-6-7-12(14)13(10-11)16-9-4-8-15-2/h11-13H,3-10,14H2,1-2H3. The highest BCUT2D eigenvalue weighted by molar-refractivity contribution is 7.99. The zero-order valence-corrected chi connectivity index (χ0v) is 11.6. The first kappa shape index (κ1) is 14.3. The molecule has 1 aliphatic rings. The van der Waals surface area contributed by atoms with Gasteiger partial charge in [-0.25, -0.2) is 0 Å². The molecule has 96 valence electrons. The summed E-state index contributed by atoms with van der Waals surface area (Å²) in [4.78, 5) is 0. The fourth-order valence-electron chi connectivity index (χ4n) is 2.54. The smallest absolute Gasteiger partial charge is 0.0470 e. The Kier molecular flexibility index (Phi) is 7.50. The van der Waals surface area contributed by atoms with Gasteiger partial charge in [0.05, 0.1) is 0 Å². The first-order valence-electron chi connectivity index (χ1n) is 6.64. The van der Waals surface area contributed by atoms with E-state index in [1.807, 2.05) is 0 Å². The van der Waals surface area contributed by atoms with E-state index in [4.69, 9.17) is 10.5 Å². The summed E-state index contributed by atoms with van der Waals surface area (Å²) in [7, 11) is 1.77. The maximum atomic E-state index is 6.20. The van der Waals surface area contributed by atoms with E-state index in [1.165, 1.54) is 37.9 Å². The van der Waals surface area contributed by atoms with Crippen LogP contribution in [0.5, 0.6) is 0 Å². The van der Waals surface area contributed by atoms with E-state index >= 15 is 0 Å². The molecule has 0 saturated heterocycles. The fraction of sp³-hybridized carbons (Fsp3) is 1.00. The monoisotopic (exact) mass is 245 g/mol. The molecule has 0 aromatic rings. The van der Waals surface area contributed by atoms with Crippen molar-refractivity contribution in [2.45, 2.75) is 56.7 Å². The van der Waals surface area contributed by atoms with Crippen LogP contribution in [0.4, 0.5) is 0 Å². The van der Waals surface area contributed by atoms with Gasteiger partial charge in [0.15, 0.2) is 0 Å². The molecular weight excluding hydrogens is 218 g/mol. The summed E-state index contributed by atoms with van der Waals surface area (Å²) in [5.41, 5.74) is 6.20. The maximum absolute atomic E-state index is 6.20. The van der Waals surface area contributed by atoms with Crippen molar-refractivity contribution >= 4 is 11.8 Å². The minimum absolute atomic E-state index is 0.431. The quantitative estimate of drug-likeness (QED) is 0.700. The van der Waals surface area contributed by atoms with Gasteiger partial charge in [0.25, 0.3) is 0 Å². The molecule has 3 unspecified atom stereocenters. The van der Waals surface area contributed by atoms with Gasteiger partial charge in [-0.15, -0.1) is 0 Å². The van der Waals surface area contributed by atoms with Crippen molar-refractivity contribution in [1.29, 1.82) is 0 Å². The average Bonchev–Trinajstić information content (AvgIpc) is 2.29. The molecule has 1 saturated carbocycles. The first-order chi connectivity index (χ1) is 7.77. The van der Waals surface area contributed by atoms with Crippen molar-refractivity contribution in [2.24, 2.45) is 11.7 Å². The van der Waals surface area contributed by atoms with Crippen molar-refractivity contribution in [3.63, 3.8) is 0 Å². The van der Waals surface area contributed by atoms with Crippen LogP contribution >= 0.6 is 11.8 Å². The van der Waals surface area contributed by atoms with Gasteiger partial charge in [-0.1, -0.05) is 19.8 Å². The Morgan fingerprint density at radius 3 is 2.88 bits per heavy atom. The van der Waals surface area contributed by atoms with Gasteiger partial charge in [-0.05, 0) is 37.4 Å². The molecule has 1 aliphatic carbocycles. The van der Waals surface area contributed by atoms with Crippen LogP contribution < -0.4 is 5.73 Å². The van der Waals surface area contributed by atoms with Crippen molar-refractivity contribution in [3.05, 3.63) is 0 Å². The lowest BCUT2D eigenvalue weighted by Gasteiger charge is -2.33. The number of hydrogen-bond acceptors (Lipinski definition) is 3. The Morgan fingerprint density at radius 2 is 2.19 bits per heavy atom. The Labute approximate surface area is 105 Å². The summed E-state index contributed by atoms with van der Waals surface area (Å²) >= 11 is 2.07. The first-order valence-corrected chi connectivity index (χ1v) is 7.69. The number of ether oxygens (including phenoxy) is 1. The third-order valence-electron chi connectivity index (χ3n) is 3.47. The van der Waals surface area contributed by atoms with Gasteiger partial charge in [-0.3, -0.25) is 0 Å². The molecule has 0 aromatic heterocycles. The molecular formula is C13H27NOS. The van der Waals surface area contributed by atoms with E-state index in [0.29, 0.717) is 11.3 Å². The lowest BCUT2D eigenvalue weighted by molar-refractivity contribution is 0.200. The van der Waals surface area contributed by atoms with Gasteiger partial charge in [0.2, 0.25) is 0 Å². The highest BCUT2D eigenvalue weighted by Gasteiger charge is 2.27. The molecule has 2 N–H and O–H groups in total. The van der Waals surface area contributed by atoms with Crippen LogP contribution in [0.15, 0.2) is 0 Å².